The first-order valence-electron chi connectivity index (χ1n) is 3.61. The van der Waals surface area contributed by atoms with Crippen LogP contribution >= 0.6 is 11.8 Å². The van der Waals surface area contributed by atoms with Crippen molar-refractivity contribution in [2.75, 3.05) is 6.26 Å². The highest BCUT2D eigenvalue weighted by Gasteiger charge is 1.97. The van der Waals surface area contributed by atoms with Crippen LogP contribution in [0.5, 0.6) is 0 Å². The van der Waals surface area contributed by atoms with E-state index in [4.69, 9.17) is 5.21 Å². The SMILES string of the molecule is CSc1cccc(/C(C)=N/O)c1. The third kappa shape index (κ3) is 2.01. The summed E-state index contributed by atoms with van der Waals surface area (Å²) >= 11 is 1.67. The van der Waals surface area contributed by atoms with Crippen LogP contribution in [0.3, 0.4) is 0 Å². The lowest BCUT2D eigenvalue weighted by Crippen LogP contribution is -1.93. The van der Waals surface area contributed by atoms with Crippen LogP contribution in [-0.4, -0.2) is 17.2 Å². The Bertz CT molecular complexity index is 296. The van der Waals surface area contributed by atoms with Crippen molar-refractivity contribution in [2.45, 2.75) is 11.8 Å². The second kappa shape index (κ2) is 4.16. The van der Waals surface area contributed by atoms with E-state index in [0.29, 0.717) is 5.71 Å². The minimum absolute atomic E-state index is 0.644. The Labute approximate surface area is 76.3 Å². The van der Waals surface area contributed by atoms with Crippen LogP contribution < -0.4 is 0 Å². The van der Waals surface area contributed by atoms with Gasteiger partial charge in [0.15, 0.2) is 0 Å². The van der Waals surface area contributed by atoms with E-state index in [9.17, 15) is 0 Å². The Morgan fingerprint density at radius 2 is 2.25 bits per heavy atom. The molecular formula is C9H11NOS. The predicted molar refractivity (Wildman–Crippen MR) is 52.2 cm³/mol. The van der Waals surface area contributed by atoms with Gasteiger partial charge in [-0.1, -0.05) is 17.3 Å². The lowest BCUT2D eigenvalue weighted by Gasteiger charge is -2.00. The standard InChI is InChI=1S/C9H11NOS/c1-7(10-11)8-4-3-5-9(6-8)12-2/h3-6,11H,1-2H3/b10-7+. The van der Waals surface area contributed by atoms with Gasteiger partial charge in [0.25, 0.3) is 0 Å². The van der Waals surface area contributed by atoms with Crippen molar-refractivity contribution in [1.82, 2.24) is 0 Å². The van der Waals surface area contributed by atoms with Crippen LogP contribution in [0.15, 0.2) is 34.3 Å². The molecule has 64 valence electrons. The van der Waals surface area contributed by atoms with Crippen LogP contribution in [-0.2, 0) is 0 Å². The van der Waals surface area contributed by atoms with E-state index in [1.165, 1.54) is 4.90 Å². The molecule has 0 fully saturated rings. The predicted octanol–water partition coefficient (Wildman–Crippen LogP) is 2.61. The highest BCUT2D eigenvalue weighted by Crippen LogP contribution is 2.16. The molecule has 0 saturated carbocycles. The molecule has 1 aromatic carbocycles. The quantitative estimate of drug-likeness (QED) is 0.329. The zero-order chi connectivity index (χ0) is 8.97. The van der Waals surface area contributed by atoms with Crippen LogP contribution in [0.2, 0.25) is 0 Å². The van der Waals surface area contributed by atoms with E-state index in [1.54, 1.807) is 18.7 Å². The molecule has 0 atom stereocenters. The van der Waals surface area contributed by atoms with Crippen LogP contribution in [0, 0.1) is 0 Å². The molecule has 0 heterocycles. The van der Waals surface area contributed by atoms with Crippen molar-refractivity contribution < 1.29 is 5.21 Å². The fourth-order valence-corrected chi connectivity index (χ4v) is 1.37. The van der Waals surface area contributed by atoms with Gasteiger partial charge in [0.05, 0.1) is 5.71 Å². The molecule has 12 heavy (non-hydrogen) atoms. The molecule has 0 amide bonds. The van der Waals surface area contributed by atoms with E-state index in [-0.39, 0.29) is 0 Å². The molecule has 0 aromatic heterocycles. The number of hydrogen-bond acceptors (Lipinski definition) is 3. The average Bonchev–Trinajstić information content (AvgIpc) is 2.17. The average molecular weight is 181 g/mol. The van der Waals surface area contributed by atoms with Crippen molar-refractivity contribution in [3.05, 3.63) is 29.8 Å². The van der Waals surface area contributed by atoms with Gasteiger partial charge >= 0.3 is 0 Å². The maximum Gasteiger partial charge on any atom is 0.0837 e. The number of thioether (sulfide) groups is 1. The fourth-order valence-electron chi connectivity index (χ4n) is 0.906. The fraction of sp³-hybridized carbons (Fsp3) is 0.222. The van der Waals surface area contributed by atoms with Gasteiger partial charge in [-0.05, 0) is 25.3 Å². The van der Waals surface area contributed by atoms with Gasteiger partial charge in [-0.15, -0.1) is 11.8 Å². The van der Waals surface area contributed by atoms with Gasteiger partial charge in [0.1, 0.15) is 0 Å². The molecule has 1 N–H and O–H groups in total. The lowest BCUT2D eigenvalue weighted by molar-refractivity contribution is 0.319. The Balaban J connectivity index is 3.02. The van der Waals surface area contributed by atoms with Crippen LogP contribution in [0.1, 0.15) is 12.5 Å². The van der Waals surface area contributed by atoms with E-state index < -0.39 is 0 Å². The molecule has 3 heteroatoms. The number of benzene rings is 1. The van der Waals surface area contributed by atoms with Gasteiger partial charge in [0.2, 0.25) is 0 Å². The van der Waals surface area contributed by atoms with E-state index in [0.717, 1.165) is 5.56 Å². The first-order chi connectivity index (χ1) is 5.77. The summed E-state index contributed by atoms with van der Waals surface area (Å²) in [5, 5.41) is 11.7. The van der Waals surface area contributed by atoms with Gasteiger partial charge in [-0.3, -0.25) is 0 Å². The zero-order valence-corrected chi connectivity index (χ0v) is 7.93. The molecule has 1 rings (SSSR count). The molecule has 1 aromatic rings. The number of hydrogen-bond donors (Lipinski definition) is 1. The van der Waals surface area contributed by atoms with Crippen LogP contribution in [0.4, 0.5) is 0 Å². The van der Waals surface area contributed by atoms with Gasteiger partial charge in [-0.25, -0.2) is 0 Å². The molecule has 0 radical (unpaired) electrons. The Hall–Kier alpha value is -0.960. The van der Waals surface area contributed by atoms with Crippen molar-refractivity contribution in [2.24, 2.45) is 5.16 Å². The molecular weight excluding hydrogens is 170 g/mol. The second-order valence-corrected chi connectivity index (χ2v) is 3.30. The van der Waals surface area contributed by atoms with Crippen LogP contribution in [0.25, 0.3) is 0 Å². The van der Waals surface area contributed by atoms with Crippen molar-refractivity contribution in [3.8, 4) is 0 Å². The maximum atomic E-state index is 8.53. The second-order valence-electron chi connectivity index (χ2n) is 2.42. The summed E-state index contributed by atoms with van der Waals surface area (Å²) in [6, 6.07) is 7.91. The highest BCUT2D eigenvalue weighted by molar-refractivity contribution is 7.98. The topological polar surface area (TPSA) is 32.6 Å². The Kier molecular flexibility index (Phi) is 3.17. The highest BCUT2D eigenvalue weighted by atomic mass is 32.2. The number of rotatable bonds is 2. The Morgan fingerprint density at radius 3 is 2.83 bits per heavy atom. The largest absolute Gasteiger partial charge is 0.411 e. The zero-order valence-electron chi connectivity index (χ0n) is 7.11. The number of nitrogens with zero attached hydrogens (tertiary/aromatic N) is 1. The summed E-state index contributed by atoms with van der Waals surface area (Å²) < 4.78 is 0. The van der Waals surface area contributed by atoms with E-state index >= 15 is 0 Å². The summed E-state index contributed by atoms with van der Waals surface area (Å²) in [5.74, 6) is 0. The normalized spacial score (nSPS) is 11.7. The van der Waals surface area contributed by atoms with E-state index in [2.05, 4.69) is 5.16 Å². The third-order valence-electron chi connectivity index (χ3n) is 1.64. The summed E-state index contributed by atoms with van der Waals surface area (Å²) in [6.07, 6.45) is 2.02. The third-order valence-corrected chi connectivity index (χ3v) is 2.36. The lowest BCUT2D eigenvalue weighted by atomic mass is 10.1. The molecule has 0 aliphatic carbocycles. The van der Waals surface area contributed by atoms with Gasteiger partial charge < -0.3 is 5.21 Å². The number of oxime groups is 1. The first kappa shape index (κ1) is 9.13. The van der Waals surface area contributed by atoms with Crippen molar-refractivity contribution in [3.63, 3.8) is 0 Å². The molecule has 0 unspecified atom stereocenters. The minimum Gasteiger partial charge on any atom is -0.411 e. The summed E-state index contributed by atoms with van der Waals surface area (Å²) in [7, 11) is 0. The maximum absolute atomic E-state index is 8.53. The van der Waals surface area contributed by atoms with E-state index in [1.807, 2.05) is 30.5 Å². The van der Waals surface area contributed by atoms with Crippen molar-refractivity contribution >= 4 is 17.5 Å². The molecule has 2 nitrogen and oxygen atoms in total. The van der Waals surface area contributed by atoms with Crippen molar-refractivity contribution in [1.29, 1.82) is 0 Å². The molecule has 0 aliphatic rings. The van der Waals surface area contributed by atoms with Gasteiger partial charge in [0, 0.05) is 10.5 Å². The molecule has 0 saturated heterocycles. The Morgan fingerprint density at radius 1 is 1.50 bits per heavy atom. The van der Waals surface area contributed by atoms with Gasteiger partial charge in [-0.2, -0.15) is 0 Å². The smallest absolute Gasteiger partial charge is 0.0837 e. The minimum atomic E-state index is 0.644. The molecule has 0 bridgehead atoms. The molecule has 0 aliphatic heterocycles. The summed E-state index contributed by atoms with van der Waals surface area (Å²) in [4.78, 5) is 1.18. The molecule has 0 spiro atoms. The summed E-state index contributed by atoms with van der Waals surface area (Å²) in [6.45, 7) is 1.78. The monoisotopic (exact) mass is 181 g/mol. The summed E-state index contributed by atoms with van der Waals surface area (Å²) in [5.41, 5.74) is 1.61. The first-order valence-corrected chi connectivity index (χ1v) is 4.83.